The Labute approximate surface area is 122 Å². The van der Waals surface area contributed by atoms with E-state index in [9.17, 15) is 9.90 Å². The second-order valence-electron chi connectivity index (χ2n) is 5.38. The van der Waals surface area contributed by atoms with E-state index < -0.39 is 12.0 Å². The first-order chi connectivity index (χ1) is 9.67. The number of hydrogen-bond donors (Lipinski definition) is 2. The van der Waals surface area contributed by atoms with E-state index in [-0.39, 0.29) is 6.04 Å². The molecule has 1 unspecified atom stereocenters. The van der Waals surface area contributed by atoms with Crippen molar-refractivity contribution in [3.05, 3.63) is 35.9 Å². The Morgan fingerprint density at radius 2 is 1.85 bits per heavy atom. The van der Waals surface area contributed by atoms with Crippen LogP contribution in [-0.4, -0.2) is 23.2 Å². The van der Waals surface area contributed by atoms with E-state index >= 15 is 0 Å². The zero-order chi connectivity index (χ0) is 14.8. The fourth-order valence-electron chi connectivity index (χ4n) is 2.46. The van der Waals surface area contributed by atoms with Crippen LogP contribution in [-0.2, 0) is 11.2 Å². The summed E-state index contributed by atoms with van der Waals surface area (Å²) in [4.78, 5) is 11.3. The molecule has 3 nitrogen and oxygen atoms in total. The van der Waals surface area contributed by atoms with Crippen LogP contribution < -0.4 is 5.32 Å². The number of aliphatic carboxylic acids is 1. The molecule has 2 N–H and O–H groups in total. The molecule has 0 saturated heterocycles. The van der Waals surface area contributed by atoms with Crippen LogP contribution in [0, 0.1) is 0 Å². The first-order valence-corrected chi connectivity index (χ1v) is 7.70. The average molecular weight is 277 g/mol. The van der Waals surface area contributed by atoms with Crippen LogP contribution in [0.2, 0.25) is 0 Å². The number of benzene rings is 1. The highest BCUT2D eigenvalue weighted by Gasteiger charge is 2.20. The second kappa shape index (κ2) is 9.54. The number of carboxylic acids is 1. The van der Waals surface area contributed by atoms with Crippen LogP contribution in [0.1, 0.15) is 51.5 Å². The van der Waals surface area contributed by atoms with Gasteiger partial charge in [0.25, 0.3) is 0 Å². The molecule has 0 aromatic heterocycles. The summed E-state index contributed by atoms with van der Waals surface area (Å²) in [5.41, 5.74) is 1.26. The molecule has 0 fully saturated rings. The molecular formula is C17H27NO2. The summed E-state index contributed by atoms with van der Waals surface area (Å²) in [5.74, 6) is -0.729. The average Bonchev–Trinajstić information content (AvgIpc) is 2.44. The van der Waals surface area contributed by atoms with Gasteiger partial charge in [0, 0.05) is 6.04 Å². The van der Waals surface area contributed by atoms with Crippen LogP contribution in [0.5, 0.6) is 0 Å². The van der Waals surface area contributed by atoms with Crippen molar-refractivity contribution in [2.75, 3.05) is 0 Å². The monoisotopic (exact) mass is 277 g/mol. The minimum Gasteiger partial charge on any atom is -0.480 e. The molecular weight excluding hydrogens is 250 g/mol. The molecule has 3 heteroatoms. The Morgan fingerprint density at radius 1 is 1.15 bits per heavy atom. The number of rotatable bonds is 10. The quantitative estimate of drug-likeness (QED) is 0.686. The molecule has 1 aromatic carbocycles. The molecule has 20 heavy (non-hydrogen) atoms. The van der Waals surface area contributed by atoms with Crippen LogP contribution in [0.15, 0.2) is 30.3 Å². The topological polar surface area (TPSA) is 49.3 Å². The van der Waals surface area contributed by atoms with Gasteiger partial charge in [0.05, 0.1) is 0 Å². The third-order valence-corrected chi connectivity index (χ3v) is 3.54. The first kappa shape index (κ1) is 16.7. The van der Waals surface area contributed by atoms with Crippen molar-refractivity contribution < 1.29 is 9.90 Å². The Bertz CT molecular complexity index is 378. The van der Waals surface area contributed by atoms with Gasteiger partial charge in [0.1, 0.15) is 6.04 Å². The van der Waals surface area contributed by atoms with Crippen molar-refractivity contribution in [1.29, 1.82) is 0 Å². The van der Waals surface area contributed by atoms with Crippen LogP contribution in [0.25, 0.3) is 0 Å². The minimum absolute atomic E-state index is 0.236. The summed E-state index contributed by atoms with van der Waals surface area (Å²) < 4.78 is 0. The van der Waals surface area contributed by atoms with Gasteiger partial charge in [-0.25, -0.2) is 0 Å². The summed E-state index contributed by atoms with van der Waals surface area (Å²) in [5, 5.41) is 12.7. The molecule has 0 amide bonds. The molecule has 2 atom stereocenters. The highest BCUT2D eigenvalue weighted by atomic mass is 16.4. The molecule has 0 spiro atoms. The molecule has 1 aromatic rings. The fraction of sp³-hybridized carbons (Fsp3) is 0.588. The fourth-order valence-corrected chi connectivity index (χ4v) is 2.46. The van der Waals surface area contributed by atoms with Crippen LogP contribution in [0.3, 0.4) is 0 Å². The minimum atomic E-state index is -0.729. The van der Waals surface area contributed by atoms with Gasteiger partial charge in [0.2, 0.25) is 0 Å². The molecule has 112 valence electrons. The summed E-state index contributed by atoms with van der Waals surface area (Å²) >= 11 is 0. The Morgan fingerprint density at radius 3 is 2.40 bits per heavy atom. The third kappa shape index (κ3) is 6.20. The zero-order valence-corrected chi connectivity index (χ0v) is 12.6. The number of unbranched alkanes of at least 4 members (excludes halogenated alkanes) is 1. The number of carbonyl (C=O) groups is 1. The van der Waals surface area contributed by atoms with E-state index in [1.165, 1.54) is 5.56 Å². The van der Waals surface area contributed by atoms with Gasteiger partial charge < -0.3 is 10.4 Å². The summed E-state index contributed by atoms with van der Waals surface area (Å²) in [6, 6.07) is 10.1. The lowest BCUT2D eigenvalue weighted by Gasteiger charge is -2.23. The van der Waals surface area contributed by atoms with Gasteiger partial charge >= 0.3 is 5.97 Å². The van der Waals surface area contributed by atoms with Crippen LogP contribution in [0.4, 0.5) is 0 Å². The van der Waals surface area contributed by atoms with Crippen molar-refractivity contribution in [3.63, 3.8) is 0 Å². The number of nitrogens with one attached hydrogen (secondary N) is 1. The van der Waals surface area contributed by atoms with E-state index in [0.717, 1.165) is 32.1 Å². The second-order valence-corrected chi connectivity index (χ2v) is 5.38. The lowest BCUT2D eigenvalue weighted by molar-refractivity contribution is -0.140. The standard InChI is InChI=1S/C17H27NO2/c1-3-5-12-16(17(19)20)18-15(9-4-2)13-14-10-7-6-8-11-14/h6-8,10-11,15-16,18H,3-5,9,12-13H2,1-2H3,(H,19,20)/t15?,16-/m0/s1. The molecule has 0 aliphatic carbocycles. The van der Waals surface area contributed by atoms with Crippen molar-refractivity contribution in [3.8, 4) is 0 Å². The van der Waals surface area contributed by atoms with Crippen molar-refractivity contribution >= 4 is 5.97 Å². The lowest BCUT2D eigenvalue weighted by atomic mass is 10.00. The Balaban J connectivity index is 2.61. The van der Waals surface area contributed by atoms with Gasteiger partial charge in [-0.3, -0.25) is 4.79 Å². The van der Waals surface area contributed by atoms with E-state index in [1.54, 1.807) is 0 Å². The third-order valence-electron chi connectivity index (χ3n) is 3.54. The Kier molecular flexibility index (Phi) is 7.97. The highest BCUT2D eigenvalue weighted by Crippen LogP contribution is 2.10. The zero-order valence-electron chi connectivity index (χ0n) is 12.6. The summed E-state index contributed by atoms with van der Waals surface area (Å²) in [6.07, 6.45) is 5.65. The molecule has 0 saturated carbocycles. The van der Waals surface area contributed by atoms with Crippen molar-refractivity contribution in [2.24, 2.45) is 0 Å². The molecule has 0 aliphatic heterocycles. The summed E-state index contributed by atoms with van der Waals surface area (Å²) in [6.45, 7) is 4.23. The molecule has 1 rings (SSSR count). The normalized spacial score (nSPS) is 13.9. The van der Waals surface area contributed by atoms with Gasteiger partial charge in [-0.1, -0.05) is 63.4 Å². The molecule has 0 heterocycles. The highest BCUT2D eigenvalue weighted by molar-refractivity contribution is 5.73. The predicted octanol–water partition coefficient (Wildman–Crippen LogP) is 3.63. The van der Waals surface area contributed by atoms with E-state index in [1.807, 2.05) is 18.2 Å². The number of carboxylic acid groups (broad SMARTS) is 1. The Hall–Kier alpha value is -1.35. The predicted molar refractivity (Wildman–Crippen MR) is 82.9 cm³/mol. The van der Waals surface area contributed by atoms with Crippen molar-refractivity contribution in [2.45, 2.75) is 64.5 Å². The SMILES string of the molecule is CCCC[C@H](NC(CCC)Cc1ccccc1)C(=O)O. The van der Waals surface area contributed by atoms with E-state index in [4.69, 9.17) is 0 Å². The lowest BCUT2D eigenvalue weighted by Crippen LogP contribution is -2.44. The van der Waals surface area contributed by atoms with Gasteiger partial charge in [-0.15, -0.1) is 0 Å². The maximum atomic E-state index is 11.3. The maximum absolute atomic E-state index is 11.3. The molecule has 0 bridgehead atoms. The molecule has 0 radical (unpaired) electrons. The summed E-state index contributed by atoms with van der Waals surface area (Å²) in [7, 11) is 0. The van der Waals surface area contributed by atoms with Gasteiger partial charge in [0.15, 0.2) is 0 Å². The van der Waals surface area contributed by atoms with Crippen molar-refractivity contribution in [1.82, 2.24) is 5.32 Å². The largest absolute Gasteiger partial charge is 0.480 e. The van der Waals surface area contributed by atoms with Gasteiger partial charge in [-0.2, -0.15) is 0 Å². The number of hydrogen-bond acceptors (Lipinski definition) is 2. The van der Waals surface area contributed by atoms with Gasteiger partial charge in [-0.05, 0) is 24.8 Å². The van der Waals surface area contributed by atoms with E-state index in [0.29, 0.717) is 6.42 Å². The smallest absolute Gasteiger partial charge is 0.320 e. The maximum Gasteiger partial charge on any atom is 0.320 e. The van der Waals surface area contributed by atoms with E-state index in [2.05, 4.69) is 31.3 Å². The first-order valence-electron chi connectivity index (χ1n) is 7.70. The van der Waals surface area contributed by atoms with Crippen LogP contribution >= 0.6 is 0 Å². The molecule has 0 aliphatic rings.